The van der Waals surface area contributed by atoms with E-state index in [-0.39, 0.29) is 60.9 Å². The lowest BCUT2D eigenvalue weighted by Crippen LogP contribution is -2.49. The van der Waals surface area contributed by atoms with Crippen LogP contribution in [0.2, 0.25) is 0 Å². The molecule has 0 aromatic heterocycles. The van der Waals surface area contributed by atoms with Crippen LogP contribution in [-0.4, -0.2) is 62.7 Å². The maximum atomic E-state index is 12.6. The van der Waals surface area contributed by atoms with Gasteiger partial charge in [-0.1, -0.05) is 6.92 Å². The topological polar surface area (TPSA) is 125 Å². The van der Waals surface area contributed by atoms with Crippen molar-refractivity contribution < 1.29 is 22.8 Å². The fourth-order valence-corrected chi connectivity index (χ4v) is 3.99. The molecule has 154 valence electrons. The molecule has 3 amide bonds. The average molecular weight is 410 g/mol. The summed E-state index contributed by atoms with van der Waals surface area (Å²) in [5.74, 6) is -0.873. The fraction of sp³-hybridized carbons (Fsp3) is 0.500. The SMILES string of the molecule is CCC(C)NC(=O)CCNC(=O)c1ccc(S(=O)(=O)N2CCNC(=O)C2)cc1. The Balaban J connectivity index is 1.91. The number of amides is 3. The van der Waals surface area contributed by atoms with Crippen molar-refractivity contribution in [2.45, 2.75) is 37.6 Å². The summed E-state index contributed by atoms with van der Waals surface area (Å²) in [6.07, 6.45) is 0.995. The van der Waals surface area contributed by atoms with Crippen molar-refractivity contribution in [1.82, 2.24) is 20.3 Å². The summed E-state index contributed by atoms with van der Waals surface area (Å²) in [4.78, 5) is 35.3. The van der Waals surface area contributed by atoms with Crippen LogP contribution < -0.4 is 16.0 Å². The van der Waals surface area contributed by atoms with Gasteiger partial charge in [0.1, 0.15) is 0 Å². The number of piperazine rings is 1. The monoisotopic (exact) mass is 410 g/mol. The first kappa shape index (κ1) is 21.8. The molecule has 1 saturated heterocycles. The van der Waals surface area contributed by atoms with Crippen LogP contribution in [0.3, 0.4) is 0 Å². The number of carbonyl (C=O) groups excluding carboxylic acids is 3. The molecule has 3 N–H and O–H groups in total. The zero-order chi connectivity index (χ0) is 20.7. The second kappa shape index (κ2) is 9.65. The van der Waals surface area contributed by atoms with Gasteiger partial charge in [-0.05, 0) is 37.6 Å². The number of nitrogens with one attached hydrogen (secondary N) is 3. The second-order valence-corrected chi connectivity index (χ2v) is 8.53. The number of hydrogen-bond acceptors (Lipinski definition) is 5. The Morgan fingerprint density at radius 1 is 1.25 bits per heavy atom. The Morgan fingerprint density at radius 3 is 2.54 bits per heavy atom. The van der Waals surface area contributed by atoms with Gasteiger partial charge in [0.15, 0.2) is 0 Å². The lowest BCUT2D eigenvalue weighted by atomic mass is 10.2. The van der Waals surface area contributed by atoms with E-state index in [1.165, 1.54) is 24.3 Å². The van der Waals surface area contributed by atoms with Gasteiger partial charge in [-0.2, -0.15) is 4.31 Å². The van der Waals surface area contributed by atoms with Crippen LogP contribution in [0.25, 0.3) is 0 Å². The summed E-state index contributed by atoms with van der Waals surface area (Å²) >= 11 is 0. The van der Waals surface area contributed by atoms with Crippen molar-refractivity contribution in [1.29, 1.82) is 0 Å². The molecule has 10 heteroatoms. The minimum Gasteiger partial charge on any atom is -0.354 e. The van der Waals surface area contributed by atoms with Crippen LogP contribution in [0.5, 0.6) is 0 Å². The summed E-state index contributed by atoms with van der Waals surface area (Å²) in [5, 5.41) is 8.02. The standard InChI is InChI=1S/C18H26N4O5S/c1-3-13(2)21-16(23)8-9-20-18(25)14-4-6-15(7-5-14)28(26,27)22-11-10-19-17(24)12-22/h4-7,13H,3,8-12H2,1-2H3,(H,19,24)(H,20,25)(H,21,23). The Bertz CT molecular complexity index is 823. The lowest BCUT2D eigenvalue weighted by Gasteiger charge is -2.25. The largest absolute Gasteiger partial charge is 0.354 e. The Labute approximate surface area is 164 Å². The van der Waals surface area contributed by atoms with Gasteiger partial charge in [0.05, 0.1) is 11.4 Å². The number of hydrogen-bond donors (Lipinski definition) is 3. The molecule has 1 aromatic carbocycles. The van der Waals surface area contributed by atoms with E-state index in [2.05, 4.69) is 16.0 Å². The third-order valence-corrected chi connectivity index (χ3v) is 6.27. The third-order valence-electron chi connectivity index (χ3n) is 4.41. The summed E-state index contributed by atoms with van der Waals surface area (Å²) in [6.45, 7) is 4.31. The summed E-state index contributed by atoms with van der Waals surface area (Å²) < 4.78 is 26.3. The average Bonchev–Trinajstić information content (AvgIpc) is 2.67. The van der Waals surface area contributed by atoms with Gasteiger partial charge in [0.25, 0.3) is 5.91 Å². The Hall–Kier alpha value is -2.46. The first-order valence-electron chi connectivity index (χ1n) is 9.18. The third kappa shape index (κ3) is 5.77. The van der Waals surface area contributed by atoms with Crippen molar-refractivity contribution in [3.63, 3.8) is 0 Å². The van der Waals surface area contributed by atoms with E-state index in [0.717, 1.165) is 10.7 Å². The maximum Gasteiger partial charge on any atom is 0.251 e. The molecule has 28 heavy (non-hydrogen) atoms. The van der Waals surface area contributed by atoms with Crippen molar-refractivity contribution in [2.75, 3.05) is 26.2 Å². The molecular formula is C18H26N4O5S. The van der Waals surface area contributed by atoms with Crippen LogP contribution in [0.1, 0.15) is 37.0 Å². The van der Waals surface area contributed by atoms with Gasteiger partial charge < -0.3 is 16.0 Å². The van der Waals surface area contributed by atoms with E-state index in [0.29, 0.717) is 0 Å². The summed E-state index contributed by atoms with van der Waals surface area (Å²) in [5.41, 5.74) is 0.290. The van der Waals surface area contributed by atoms with E-state index in [9.17, 15) is 22.8 Å². The maximum absolute atomic E-state index is 12.6. The quantitative estimate of drug-likeness (QED) is 0.549. The molecule has 1 aliphatic rings. The minimum atomic E-state index is -3.79. The molecule has 1 fully saturated rings. The smallest absolute Gasteiger partial charge is 0.251 e. The first-order chi connectivity index (χ1) is 13.2. The second-order valence-electron chi connectivity index (χ2n) is 6.60. The van der Waals surface area contributed by atoms with Crippen LogP contribution in [0.15, 0.2) is 29.2 Å². The van der Waals surface area contributed by atoms with Gasteiger partial charge in [-0.3, -0.25) is 14.4 Å². The molecule has 1 aromatic rings. The number of rotatable bonds is 8. The van der Waals surface area contributed by atoms with Gasteiger partial charge in [-0.15, -0.1) is 0 Å². The van der Waals surface area contributed by atoms with E-state index in [1.807, 2.05) is 13.8 Å². The number of nitrogens with zero attached hydrogens (tertiary/aromatic N) is 1. The summed E-state index contributed by atoms with van der Waals surface area (Å²) in [6, 6.07) is 5.58. The van der Waals surface area contributed by atoms with Crippen molar-refractivity contribution in [3.05, 3.63) is 29.8 Å². The molecule has 0 saturated carbocycles. The predicted octanol–water partition coefficient (Wildman–Crippen LogP) is -0.158. The van der Waals surface area contributed by atoms with Crippen molar-refractivity contribution in [3.8, 4) is 0 Å². The van der Waals surface area contributed by atoms with Crippen LogP contribution in [-0.2, 0) is 19.6 Å². The van der Waals surface area contributed by atoms with Crippen LogP contribution in [0, 0.1) is 0 Å². The van der Waals surface area contributed by atoms with E-state index < -0.39 is 15.9 Å². The minimum absolute atomic E-state index is 0.0201. The molecule has 0 aliphatic carbocycles. The lowest BCUT2D eigenvalue weighted by molar-refractivity contribution is -0.123. The molecule has 0 radical (unpaired) electrons. The highest BCUT2D eigenvalue weighted by molar-refractivity contribution is 7.89. The molecule has 1 unspecified atom stereocenters. The van der Waals surface area contributed by atoms with Gasteiger partial charge >= 0.3 is 0 Å². The molecule has 0 bridgehead atoms. The highest BCUT2D eigenvalue weighted by Crippen LogP contribution is 2.17. The highest BCUT2D eigenvalue weighted by Gasteiger charge is 2.29. The Morgan fingerprint density at radius 2 is 1.93 bits per heavy atom. The Kier molecular flexibility index (Phi) is 7.53. The van der Waals surface area contributed by atoms with Gasteiger partial charge in [0, 0.05) is 37.7 Å². The van der Waals surface area contributed by atoms with Gasteiger partial charge in [0.2, 0.25) is 21.8 Å². The van der Waals surface area contributed by atoms with Crippen LogP contribution in [0.4, 0.5) is 0 Å². The molecule has 1 atom stereocenters. The van der Waals surface area contributed by atoms with Gasteiger partial charge in [-0.25, -0.2) is 8.42 Å². The van der Waals surface area contributed by atoms with Crippen molar-refractivity contribution in [2.24, 2.45) is 0 Å². The molecule has 1 aliphatic heterocycles. The number of sulfonamides is 1. The molecule has 2 rings (SSSR count). The molecular weight excluding hydrogens is 384 g/mol. The zero-order valence-corrected chi connectivity index (χ0v) is 16.8. The summed E-state index contributed by atoms with van der Waals surface area (Å²) in [7, 11) is -3.79. The van der Waals surface area contributed by atoms with E-state index >= 15 is 0 Å². The van der Waals surface area contributed by atoms with E-state index in [4.69, 9.17) is 0 Å². The van der Waals surface area contributed by atoms with Crippen molar-refractivity contribution >= 4 is 27.7 Å². The highest BCUT2D eigenvalue weighted by atomic mass is 32.2. The fourth-order valence-electron chi connectivity index (χ4n) is 2.59. The van der Waals surface area contributed by atoms with Crippen LogP contribution >= 0.6 is 0 Å². The molecule has 9 nitrogen and oxygen atoms in total. The van der Waals surface area contributed by atoms with E-state index in [1.54, 1.807) is 0 Å². The first-order valence-corrected chi connectivity index (χ1v) is 10.6. The zero-order valence-electron chi connectivity index (χ0n) is 16.0. The number of carbonyl (C=O) groups is 3. The molecule has 1 heterocycles. The number of benzene rings is 1. The normalized spacial score (nSPS) is 16.1. The predicted molar refractivity (Wildman–Crippen MR) is 103 cm³/mol. The molecule has 0 spiro atoms.